The molecule has 1 amide bonds. The van der Waals surface area contributed by atoms with Crippen LogP contribution in [0.15, 0.2) is 78.9 Å². The molecule has 0 spiro atoms. The van der Waals surface area contributed by atoms with Crippen LogP contribution in [0.5, 0.6) is 17.2 Å². The highest BCUT2D eigenvalue weighted by Crippen LogP contribution is 2.29. The van der Waals surface area contributed by atoms with Gasteiger partial charge in [-0.25, -0.2) is 8.42 Å². The van der Waals surface area contributed by atoms with Crippen LogP contribution in [0.25, 0.3) is 0 Å². The van der Waals surface area contributed by atoms with Crippen molar-refractivity contribution in [2.24, 2.45) is 0 Å². The van der Waals surface area contributed by atoms with Crippen LogP contribution >= 0.6 is 0 Å². The summed E-state index contributed by atoms with van der Waals surface area (Å²) < 4.78 is 36.3. The van der Waals surface area contributed by atoms with Crippen molar-refractivity contribution in [3.8, 4) is 17.2 Å². The van der Waals surface area contributed by atoms with Crippen LogP contribution in [0.1, 0.15) is 13.3 Å². The van der Waals surface area contributed by atoms with Gasteiger partial charge in [0.05, 0.1) is 17.6 Å². The second-order valence-electron chi connectivity index (χ2n) is 7.14. The number of rotatable bonds is 9. The number of carbonyl (C=O) groups excluding carboxylic acids is 1. The van der Waals surface area contributed by atoms with Crippen molar-refractivity contribution in [2.45, 2.75) is 19.4 Å². The first kappa shape index (κ1) is 23.1. The molecule has 168 valence electrons. The molecule has 1 atom stereocenters. The Morgan fingerprint density at radius 1 is 0.938 bits per heavy atom. The third kappa shape index (κ3) is 6.01. The molecule has 32 heavy (non-hydrogen) atoms. The highest BCUT2D eigenvalue weighted by atomic mass is 32.2. The van der Waals surface area contributed by atoms with Gasteiger partial charge < -0.3 is 14.8 Å². The standard InChI is InChI=1S/C24H26N2O5S/c1-4-22(30-20-16-14-18(15-17-20)26(2)32(3,28)29)24(27)25-21-12-8-9-13-23(21)31-19-10-6-5-7-11-19/h5-17,22H,4H2,1-3H3,(H,25,27)/t22-/m0/s1. The number of ether oxygens (including phenoxy) is 2. The van der Waals surface area contributed by atoms with Crippen LogP contribution < -0.4 is 19.1 Å². The zero-order chi connectivity index (χ0) is 23.1. The van der Waals surface area contributed by atoms with Crippen molar-refractivity contribution >= 4 is 27.3 Å². The van der Waals surface area contributed by atoms with Crippen LogP contribution in [0.2, 0.25) is 0 Å². The van der Waals surface area contributed by atoms with Crippen molar-refractivity contribution in [1.82, 2.24) is 0 Å². The summed E-state index contributed by atoms with van der Waals surface area (Å²) in [7, 11) is -1.88. The molecule has 0 aliphatic heterocycles. The number of hydrogen-bond donors (Lipinski definition) is 1. The maximum atomic E-state index is 12.9. The van der Waals surface area contributed by atoms with Crippen molar-refractivity contribution in [3.05, 3.63) is 78.9 Å². The summed E-state index contributed by atoms with van der Waals surface area (Å²) in [5.41, 5.74) is 1.04. The fourth-order valence-corrected chi connectivity index (χ4v) is 3.40. The lowest BCUT2D eigenvalue weighted by Gasteiger charge is -2.20. The smallest absolute Gasteiger partial charge is 0.265 e. The van der Waals surface area contributed by atoms with Gasteiger partial charge in [0.25, 0.3) is 5.91 Å². The molecule has 0 radical (unpaired) electrons. The number of benzene rings is 3. The Kier molecular flexibility index (Phi) is 7.37. The molecule has 0 unspecified atom stereocenters. The molecular weight excluding hydrogens is 428 g/mol. The van der Waals surface area contributed by atoms with Crippen molar-refractivity contribution in [3.63, 3.8) is 0 Å². The molecule has 0 aliphatic rings. The van der Waals surface area contributed by atoms with Crippen LogP contribution in [-0.2, 0) is 14.8 Å². The molecule has 1 N–H and O–H groups in total. The summed E-state index contributed by atoms with van der Waals surface area (Å²) in [6.45, 7) is 1.85. The highest BCUT2D eigenvalue weighted by Gasteiger charge is 2.20. The van der Waals surface area contributed by atoms with E-state index in [0.29, 0.717) is 35.0 Å². The molecule has 7 nitrogen and oxygen atoms in total. The summed E-state index contributed by atoms with van der Waals surface area (Å²) in [6, 6.07) is 23.0. The molecular formula is C24H26N2O5S. The zero-order valence-corrected chi connectivity index (χ0v) is 19.0. The van der Waals surface area contributed by atoms with E-state index < -0.39 is 16.1 Å². The van der Waals surface area contributed by atoms with Crippen LogP contribution in [0.3, 0.4) is 0 Å². The monoisotopic (exact) mass is 454 g/mol. The molecule has 0 aliphatic carbocycles. The number of para-hydroxylation sites is 3. The number of nitrogens with one attached hydrogen (secondary N) is 1. The molecule has 0 saturated heterocycles. The lowest BCUT2D eigenvalue weighted by molar-refractivity contribution is -0.122. The second-order valence-corrected chi connectivity index (χ2v) is 9.15. The van der Waals surface area contributed by atoms with Crippen molar-refractivity contribution < 1.29 is 22.7 Å². The number of sulfonamides is 1. The van der Waals surface area contributed by atoms with E-state index in [0.717, 1.165) is 6.26 Å². The topological polar surface area (TPSA) is 84.9 Å². The van der Waals surface area contributed by atoms with E-state index in [2.05, 4.69) is 5.32 Å². The fraction of sp³-hybridized carbons (Fsp3) is 0.208. The van der Waals surface area contributed by atoms with Crippen LogP contribution in [-0.4, -0.2) is 33.7 Å². The van der Waals surface area contributed by atoms with Gasteiger partial charge >= 0.3 is 0 Å². The molecule has 0 aromatic heterocycles. The quantitative estimate of drug-likeness (QED) is 0.508. The third-order valence-electron chi connectivity index (χ3n) is 4.76. The molecule has 3 aromatic rings. The Bertz CT molecular complexity index is 1150. The minimum atomic E-state index is -3.35. The van der Waals surface area contributed by atoms with Gasteiger partial charge in [-0.2, -0.15) is 0 Å². The van der Waals surface area contributed by atoms with E-state index in [1.807, 2.05) is 49.4 Å². The van der Waals surface area contributed by atoms with E-state index >= 15 is 0 Å². The first-order chi connectivity index (χ1) is 15.3. The first-order valence-corrected chi connectivity index (χ1v) is 12.0. The molecule has 3 aromatic carbocycles. The predicted molar refractivity (Wildman–Crippen MR) is 126 cm³/mol. The number of carbonyl (C=O) groups is 1. The molecule has 0 bridgehead atoms. The minimum absolute atomic E-state index is 0.311. The van der Waals surface area contributed by atoms with Gasteiger partial charge in [-0.3, -0.25) is 9.10 Å². The highest BCUT2D eigenvalue weighted by molar-refractivity contribution is 7.92. The predicted octanol–water partition coefficient (Wildman–Crippen LogP) is 4.67. The normalized spacial score (nSPS) is 12.0. The Morgan fingerprint density at radius 2 is 1.56 bits per heavy atom. The Hall–Kier alpha value is -3.52. The Morgan fingerprint density at radius 3 is 2.19 bits per heavy atom. The van der Waals surface area contributed by atoms with Crippen LogP contribution in [0.4, 0.5) is 11.4 Å². The second kappa shape index (κ2) is 10.2. The Labute approximate surface area is 188 Å². The first-order valence-electron chi connectivity index (χ1n) is 10.1. The van der Waals surface area contributed by atoms with Gasteiger partial charge in [-0.15, -0.1) is 0 Å². The van der Waals surface area contributed by atoms with Gasteiger partial charge in [0, 0.05) is 7.05 Å². The summed E-state index contributed by atoms with van der Waals surface area (Å²) in [6.07, 6.45) is 0.838. The van der Waals surface area contributed by atoms with E-state index in [4.69, 9.17) is 9.47 Å². The maximum absolute atomic E-state index is 12.9. The summed E-state index contributed by atoms with van der Waals surface area (Å²) in [5.74, 6) is 1.34. The van der Waals surface area contributed by atoms with Gasteiger partial charge in [0.1, 0.15) is 11.5 Å². The average molecular weight is 455 g/mol. The average Bonchev–Trinajstić information content (AvgIpc) is 2.78. The third-order valence-corrected chi connectivity index (χ3v) is 5.96. The van der Waals surface area contributed by atoms with Gasteiger partial charge in [0.2, 0.25) is 10.0 Å². The van der Waals surface area contributed by atoms with E-state index in [1.54, 1.807) is 36.4 Å². The Balaban J connectivity index is 1.69. The summed E-state index contributed by atoms with van der Waals surface area (Å²) in [4.78, 5) is 12.9. The zero-order valence-electron chi connectivity index (χ0n) is 18.2. The van der Waals surface area contributed by atoms with Gasteiger partial charge in [0.15, 0.2) is 11.9 Å². The van der Waals surface area contributed by atoms with E-state index in [9.17, 15) is 13.2 Å². The van der Waals surface area contributed by atoms with E-state index in [-0.39, 0.29) is 5.91 Å². The SMILES string of the molecule is CC[C@H](Oc1ccc(N(C)S(C)(=O)=O)cc1)C(=O)Nc1ccccc1Oc1ccccc1. The number of amides is 1. The summed E-state index contributed by atoms with van der Waals surface area (Å²) in [5, 5.41) is 2.88. The van der Waals surface area contributed by atoms with E-state index in [1.165, 1.54) is 11.4 Å². The van der Waals surface area contributed by atoms with Crippen molar-refractivity contribution in [1.29, 1.82) is 0 Å². The number of anilines is 2. The largest absolute Gasteiger partial charge is 0.481 e. The lowest BCUT2D eigenvalue weighted by Crippen LogP contribution is -2.32. The molecule has 3 rings (SSSR count). The van der Waals surface area contributed by atoms with Crippen molar-refractivity contribution in [2.75, 3.05) is 22.9 Å². The van der Waals surface area contributed by atoms with Crippen LogP contribution in [0, 0.1) is 0 Å². The number of nitrogens with zero attached hydrogens (tertiary/aromatic N) is 1. The molecule has 8 heteroatoms. The minimum Gasteiger partial charge on any atom is -0.481 e. The number of hydrogen-bond acceptors (Lipinski definition) is 5. The fourth-order valence-electron chi connectivity index (χ4n) is 2.90. The molecule has 0 fully saturated rings. The van der Waals surface area contributed by atoms with Gasteiger partial charge in [-0.05, 0) is 55.0 Å². The molecule has 0 heterocycles. The van der Waals surface area contributed by atoms with Gasteiger partial charge in [-0.1, -0.05) is 37.3 Å². The maximum Gasteiger partial charge on any atom is 0.265 e. The molecule has 0 saturated carbocycles. The summed E-state index contributed by atoms with van der Waals surface area (Å²) >= 11 is 0. The lowest BCUT2D eigenvalue weighted by atomic mass is 10.2.